The highest BCUT2D eigenvalue weighted by Gasteiger charge is 2.17. The van der Waals surface area contributed by atoms with Crippen molar-refractivity contribution in [1.82, 2.24) is 4.98 Å². The Hall–Kier alpha value is -2.51. The number of ether oxygens (including phenoxy) is 2. The maximum atomic E-state index is 11.3. The predicted molar refractivity (Wildman–Crippen MR) is 61.9 cm³/mol. The number of carbonyl (C=O) groups excluding carboxylic acids is 2. The van der Waals surface area contributed by atoms with Crippen molar-refractivity contribution in [2.75, 3.05) is 6.61 Å². The van der Waals surface area contributed by atoms with E-state index in [9.17, 15) is 19.7 Å². The van der Waals surface area contributed by atoms with Gasteiger partial charge >= 0.3 is 11.9 Å². The minimum Gasteiger partial charge on any atom is -0.466 e. The molecule has 1 aromatic rings. The van der Waals surface area contributed by atoms with Crippen molar-refractivity contribution in [3.63, 3.8) is 0 Å². The molecule has 0 unspecified atom stereocenters. The van der Waals surface area contributed by atoms with Gasteiger partial charge in [-0.1, -0.05) is 0 Å². The molecule has 0 N–H and O–H groups in total. The Bertz CT molecular complexity index is 488. The van der Waals surface area contributed by atoms with Gasteiger partial charge in [-0.25, -0.2) is 0 Å². The van der Waals surface area contributed by atoms with E-state index in [2.05, 4.69) is 9.72 Å². The van der Waals surface area contributed by atoms with Crippen LogP contribution in [0.2, 0.25) is 0 Å². The molecule has 0 atom stereocenters. The molecule has 0 aliphatic heterocycles. The Kier molecular flexibility index (Phi) is 5.39. The lowest BCUT2D eigenvalue weighted by Crippen LogP contribution is -2.14. The average Bonchev–Trinajstić information content (AvgIpc) is 2.36. The van der Waals surface area contributed by atoms with Crippen LogP contribution in [0.4, 0.5) is 5.69 Å². The van der Waals surface area contributed by atoms with E-state index in [0.29, 0.717) is 0 Å². The first-order chi connectivity index (χ1) is 9.04. The highest BCUT2D eigenvalue weighted by atomic mass is 16.6. The zero-order valence-corrected chi connectivity index (χ0v) is 10.2. The Labute approximate surface area is 108 Å². The zero-order valence-electron chi connectivity index (χ0n) is 10.2. The molecular weight excluding hydrogens is 256 g/mol. The number of hydrogen-bond donors (Lipinski definition) is 0. The van der Waals surface area contributed by atoms with Gasteiger partial charge in [0.25, 0.3) is 5.69 Å². The number of esters is 2. The summed E-state index contributed by atoms with van der Waals surface area (Å²) in [4.78, 5) is 36.1. The van der Waals surface area contributed by atoms with E-state index in [0.717, 1.165) is 0 Å². The molecule has 0 amide bonds. The molecule has 1 aromatic heterocycles. The first-order valence-corrected chi connectivity index (χ1v) is 5.44. The molecule has 1 rings (SSSR count). The zero-order chi connectivity index (χ0) is 14.3. The lowest BCUT2D eigenvalue weighted by Gasteiger charge is -2.04. The van der Waals surface area contributed by atoms with Crippen molar-refractivity contribution in [2.45, 2.75) is 20.0 Å². The monoisotopic (exact) mass is 268 g/mol. The van der Waals surface area contributed by atoms with E-state index < -0.39 is 23.3 Å². The second kappa shape index (κ2) is 7.04. The van der Waals surface area contributed by atoms with Gasteiger partial charge in [0.2, 0.25) is 0 Å². The molecule has 8 heteroatoms. The molecule has 0 aliphatic carbocycles. The van der Waals surface area contributed by atoms with Crippen LogP contribution in [0.15, 0.2) is 18.3 Å². The summed E-state index contributed by atoms with van der Waals surface area (Å²) in [6, 6.07) is 2.66. The van der Waals surface area contributed by atoms with Crippen LogP contribution in [0.3, 0.4) is 0 Å². The van der Waals surface area contributed by atoms with Crippen LogP contribution in [-0.4, -0.2) is 28.5 Å². The smallest absolute Gasteiger partial charge is 0.317 e. The number of rotatable bonds is 6. The molecule has 0 aliphatic rings. The van der Waals surface area contributed by atoms with Gasteiger partial charge in [0, 0.05) is 12.3 Å². The average molecular weight is 268 g/mol. The Morgan fingerprint density at radius 3 is 2.68 bits per heavy atom. The van der Waals surface area contributed by atoms with Crippen molar-refractivity contribution in [3.05, 3.63) is 34.1 Å². The van der Waals surface area contributed by atoms with Crippen LogP contribution in [0, 0.1) is 10.1 Å². The van der Waals surface area contributed by atoms with Crippen LogP contribution in [0.5, 0.6) is 0 Å². The molecule has 1 heterocycles. The maximum absolute atomic E-state index is 11.3. The van der Waals surface area contributed by atoms with E-state index >= 15 is 0 Å². The fourth-order valence-electron chi connectivity index (χ4n) is 1.24. The Balaban J connectivity index is 2.55. The molecule has 0 aromatic carbocycles. The minimum atomic E-state index is -0.821. The number of carbonyl (C=O) groups is 2. The molecule has 102 valence electrons. The van der Waals surface area contributed by atoms with Gasteiger partial charge in [0.15, 0.2) is 5.69 Å². The molecular formula is C11H12N2O6. The summed E-state index contributed by atoms with van der Waals surface area (Å²) in [5, 5.41) is 10.7. The van der Waals surface area contributed by atoms with E-state index in [1.807, 2.05) is 0 Å². The Morgan fingerprint density at radius 1 is 1.37 bits per heavy atom. The molecule has 0 radical (unpaired) electrons. The number of pyridine rings is 1. The molecule has 0 spiro atoms. The van der Waals surface area contributed by atoms with Crippen molar-refractivity contribution in [1.29, 1.82) is 0 Å². The Morgan fingerprint density at radius 2 is 2.05 bits per heavy atom. The summed E-state index contributed by atoms with van der Waals surface area (Å²) in [6.07, 6.45) is 0.815. The molecule has 19 heavy (non-hydrogen) atoms. The first kappa shape index (κ1) is 14.6. The van der Waals surface area contributed by atoms with Crippen LogP contribution < -0.4 is 0 Å². The van der Waals surface area contributed by atoms with Gasteiger partial charge in [-0.2, -0.15) is 0 Å². The number of hydrogen-bond acceptors (Lipinski definition) is 7. The number of nitrogens with zero attached hydrogens (tertiary/aromatic N) is 2. The van der Waals surface area contributed by atoms with E-state index in [4.69, 9.17) is 4.74 Å². The van der Waals surface area contributed by atoms with Gasteiger partial charge in [-0.15, -0.1) is 0 Å². The highest BCUT2D eigenvalue weighted by Crippen LogP contribution is 2.15. The lowest BCUT2D eigenvalue weighted by molar-refractivity contribution is -0.386. The van der Waals surface area contributed by atoms with Gasteiger partial charge in [-0.05, 0) is 13.0 Å². The third-order valence-electron chi connectivity index (χ3n) is 2.03. The second-order valence-corrected chi connectivity index (χ2v) is 3.37. The van der Waals surface area contributed by atoms with Gasteiger partial charge < -0.3 is 9.47 Å². The van der Waals surface area contributed by atoms with Gasteiger partial charge in [-0.3, -0.25) is 24.7 Å². The molecule has 0 bridgehead atoms. The van der Waals surface area contributed by atoms with Gasteiger partial charge in [0.1, 0.15) is 13.0 Å². The molecule has 0 saturated heterocycles. The van der Waals surface area contributed by atoms with E-state index in [1.54, 1.807) is 6.92 Å². The standard InChI is InChI=1S/C11H12N2O6/c1-2-18-10(14)6-11(15)19-7-8-9(13(16)17)4-3-5-12-8/h3-5H,2,6-7H2,1H3. The summed E-state index contributed by atoms with van der Waals surface area (Å²) in [5.41, 5.74) is -0.226. The van der Waals surface area contributed by atoms with Crippen LogP contribution in [0.25, 0.3) is 0 Å². The SMILES string of the molecule is CCOC(=O)CC(=O)OCc1ncccc1[N+](=O)[O-]. The number of aromatic nitrogens is 1. The largest absolute Gasteiger partial charge is 0.466 e. The predicted octanol–water partition coefficient (Wildman–Crippen LogP) is 0.986. The van der Waals surface area contributed by atoms with Crippen molar-refractivity contribution in [2.24, 2.45) is 0 Å². The first-order valence-electron chi connectivity index (χ1n) is 5.44. The summed E-state index contributed by atoms with van der Waals surface area (Å²) < 4.78 is 9.29. The molecule has 0 fully saturated rings. The van der Waals surface area contributed by atoms with Crippen LogP contribution >= 0.6 is 0 Å². The van der Waals surface area contributed by atoms with Crippen molar-refractivity contribution in [3.8, 4) is 0 Å². The highest BCUT2D eigenvalue weighted by molar-refractivity contribution is 5.91. The van der Waals surface area contributed by atoms with E-state index in [1.165, 1.54) is 18.3 Å². The summed E-state index contributed by atoms with van der Waals surface area (Å²) in [5.74, 6) is -1.53. The normalized spacial score (nSPS) is 9.74. The topological polar surface area (TPSA) is 109 Å². The van der Waals surface area contributed by atoms with Crippen LogP contribution in [0.1, 0.15) is 19.0 Å². The minimum absolute atomic E-state index is 0.0182. The third kappa shape index (κ3) is 4.70. The maximum Gasteiger partial charge on any atom is 0.317 e. The fourth-order valence-corrected chi connectivity index (χ4v) is 1.24. The summed E-state index contributed by atoms with van der Waals surface area (Å²) in [7, 11) is 0. The molecule has 0 saturated carbocycles. The third-order valence-corrected chi connectivity index (χ3v) is 2.03. The van der Waals surface area contributed by atoms with E-state index in [-0.39, 0.29) is 24.6 Å². The quantitative estimate of drug-likeness (QED) is 0.327. The van der Waals surface area contributed by atoms with Crippen molar-refractivity contribution < 1.29 is 24.0 Å². The number of nitro groups is 1. The molecule has 8 nitrogen and oxygen atoms in total. The van der Waals surface area contributed by atoms with Gasteiger partial charge in [0.05, 0.1) is 11.5 Å². The lowest BCUT2D eigenvalue weighted by atomic mass is 10.3. The van der Waals surface area contributed by atoms with Crippen LogP contribution in [-0.2, 0) is 25.7 Å². The fraction of sp³-hybridized carbons (Fsp3) is 0.364. The van der Waals surface area contributed by atoms with Crippen molar-refractivity contribution >= 4 is 17.6 Å². The summed E-state index contributed by atoms with van der Waals surface area (Å²) >= 11 is 0. The second-order valence-electron chi connectivity index (χ2n) is 3.37. The summed E-state index contributed by atoms with van der Waals surface area (Å²) in [6.45, 7) is 1.41.